The molecule has 0 aliphatic heterocycles. The van der Waals surface area contributed by atoms with E-state index in [1.165, 1.54) is 37.6 Å². The van der Waals surface area contributed by atoms with E-state index in [-0.39, 0.29) is 5.75 Å². The number of halogens is 3. The molecule has 0 radical (unpaired) electrons. The van der Waals surface area contributed by atoms with Crippen LogP contribution in [-0.4, -0.2) is 42.5 Å². The van der Waals surface area contributed by atoms with E-state index in [0.717, 1.165) is 51.0 Å². The summed E-state index contributed by atoms with van der Waals surface area (Å²) in [5.74, 6) is 1.97. The minimum absolute atomic E-state index is 0.119. The molecule has 0 spiro atoms. The van der Waals surface area contributed by atoms with Gasteiger partial charge in [-0.2, -0.15) is 13.2 Å². The summed E-state index contributed by atoms with van der Waals surface area (Å²) in [6.07, 6.45) is 2.45. The molecule has 1 aliphatic carbocycles. The van der Waals surface area contributed by atoms with Gasteiger partial charge in [-0.25, -0.2) is 0 Å². The Hall–Kier alpha value is 0.0600. The highest BCUT2D eigenvalue weighted by Crippen LogP contribution is 2.44. The van der Waals surface area contributed by atoms with Crippen molar-refractivity contribution in [3.8, 4) is 0 Å². The third kappa shape index (κ3) is 11.3. The quantitative estimate of drug-likeness (QED) is 0.300. The van der Waals surface area contributed by atoms with Crippen LogP contribution in [0, 0.1) is 11.8 Å². The van der Waals surface area contributed by atoms with Crippen LogP contribution in [0.15, 0.2) is 0 Å². The molecular weight excluding hydrogens is 323 g/mol. The lowest BCUT2D eigenvalue weighted by Gasteiger charge is -2.19. The Labute approximate surface area is 143 Å². The largest absolute Gasteiger partial charge is 0.389 e. The fraction of sp³-hybridized carbons (Fsp3) is 1.00. The highest BCUT2D eigenvalue weighted by molar-refractivity contribution is 7.97. The lowest BCUT2D eigenvalue weighted by Crippen LogP contribution is -2.19. The van der Waals surface area contributed by atoms with Gasteiger partial charge >= 0.3 is 6.18 Å². The average molecular weight is 356 g/mol. The lowest BCUT2D eigenvalue weighted by molar-refractivity contribution is -0.129. The highest BCUT2D eigenvalue weighted by Gasteiger charge is 2.34. The number of rotatable bonds is 14. The number of ether oxygens (including phenoxy) is 1. The van der Waals surface area contributed by atoms with Crippen molar-refractivity contribution in [1.82, 2.24) is 4.31 Å². The SMILES string of the molecule is CCC[C@H]1CC1CCOCCCCN(CC)SCCC(F)(F)F. The molecule has 0 saturated heterocycles. The van der Waals surface area contributed by atoms with Gasteiger partial charge in [0.2, 0.25) is 0 Å². The van der Waals surface area contributed by atoms with Crippen LogP contribution in [0.1, 0.15) is 58.8 Å². The van der Waals surface area contributed by atoms with Gasteiger partial charge in [0.05, 0.1) is 6.42 Å². The van der Waals surface area contributed by atoms with Gasteiger partial charge in [0, 0.05) is 32.1 Å². The Morgan fingerprint density at radius 2 is 1.83 bits per heavy atom. The van der Waals surface area contributed by atoms with Crippen molar-refractivity contribution in [1.29, 1.82) is 0 Å². The molecule has 0 amide bonds. The van der Waals surface area contributed by atoms with E-state index in [1.54, 1.807) is 0 Å². The summed E-state index contributed by atoms with van der Waals surface area (Å²) in [5.41, 5.74) is 0. The van der Waals surface area contributed by atoms with Crippen molar-refractivity contribution in [2.45, 2.75) is 65.0 Å². The van der Waals surface area contributed by atoms with Crippen molar-refractivity contribution < 1.29 is 17.9 Å². The van der Waals surface area contributed by atoms with Gasteiger partial charge in [-0.05, 0) is 37.5 Å². The molecule has 6 heteroatoms. The Bertz CT molecular complexity index is 302. The molecule has 0 bridgehead atoms. The van der Waals surface area contributed by atoms with Gasteiger partial charge in [-0.15, -0.1) is 0 Å². The van der Waals surface area contributed by atoms with E-state index < -0.39 is 12.6 Å². The highest BCUT2D eigenvalue weighted by atomic mass is 32.2. The zero-order valence-corrected chi connectivity index (χ0v) is 15.4. The Morgan fingerprint density at radius 3 is 2.48 bits per heavy atom. The van der Waals surface area contributed by atoms with Crippen LogP contribution >= 0.6 is 11.9 Å². The van der Waals surface area contributed by atoms with E-state index in [9.17, 15) is 13.2 Å². The fourth-order valence-electron chi connectivity index (χ4n) is 2.82. The summed E-state index contributed by atoms with van der Waals surface area (Å²) in [6, 6.07) is 0. The van der Waals surface area contributed by atoms with E-state index in [0.29, 0.717) is 0 Å². The number of hydrogen-bond donors (Lipinski definition) is 0. The zero-order chi connectivity index (χ0) is 17.1. The summed E-state index contributed by atoms with van der Waals surface area (Å²) in [5, 5.41) is 0. The molecule has 1 rings (SSSR count). The van der Waals surface area contributed by atoms with Crippen molar-refractivity contribution in [2.75, 3.05) is 32.1 Å². The third-order valence-corrected chi connectivity index (χ3v) is 5.51. The summed E-state index contributed by atoms with van der Waals surface area (Å²) in [6.45, 7) is 7.48. The topological polar surface area (TPSA) is 12.5 Å². The minimum Gasteiger partial charge on any atom is -0.381 e. The van der Waals surface area contributed by atoms with Gasteiger partial charge in [0.1, 0.15) is 0 Å². The number of hydrogen-bond acceptors (Lipinski definition) is 3. The molecule has 0 aromatic rings. The van der Waals surface area contributed by atoms with Gasteiger partial charge in [0.15, 0.2) is 0 Å². The first-order valence-corrected chi connectivity index (χ1v) is 9.92. The third-order valence-electron chi connectivity index (χ3n) is 4.32. The maximum atomic E-state index is 12.1. The van der Waals surface area contributed by atoms with Crippen LogP contribution in [-0.2, 0) is 4.74 Å². The predicted molar refractivity (Wildman–Crippen MR) is 91.6 cm³/mol. The smallest absolute Gasteiger partial charge is 0.381 e. The average Bonchev–Trinajstić information content (AvgIpc) is 3.21. The van der Waals surface area contributed by atoms with Gasteiger partial charge in [0.25, 0.3) is 0 Å². The summed E-state index contributed by atoms with van der Waals surface area (Å²) < 4.78 is 44.0. The second kappa shape index (κ2) is 11.6. The molecule has 1 aliphatic rings. The van der Waals surface area contributed by atoms with Crippen molar-refractivity contribution in [2.24, 2.45) is 11.8 Å². The molecular formula is C17H32F3NOS. The molecule has 138 valence electrons. The van der Waals surface area contributed by atoms with Crippen molar-refractivity contribution in [3.05, 3.63) is 0 Å². The first kappa shape index (κ1) is 21.1. The van der Waals surface area contributed by atoms with Gasteiger partial charge in [-0.1, -0.05) is 38.6 Å². The second-order valence-corrected chi connectivity index (χ2v) is 7.56. The maximum absolute atomic E-state index is 12.1. The molecule has 0 aromatic carbocycles. The van der Waals surface area contributed by atoms with E-state index in [4.69, 9.17) is 4.74 Å². The first-order valence-electron chi connectivity index (χ1n) is 8.98. The van der Waals surface area contributed by atoms with E-state index >= 15 is 0 Å². The van der Waals surface area contributed by atoms with Crippen LogP contribution in [0.25, 0.3) is 0 Å². The molecule has 1 unspecified atom stereocenters. The first-order chi connectivity index (χ1) is 11.0. The number of unbranched alkanes of at least 4 members (excludes halogenated alkanes) is 1. The van der Waals surface area contributed by atoms with Crippen molar-refractivity contribution >= 4 is 11.9 Å². The van der Waals surface area contributed by atoms with Crippen LogP contribution in [0.4, 0.5) is 13.2 Å². The second-order valence-electron chi connectivity index (χ2n) is 6.37. The minimum atomic E-state index is -4.04. The Balaban J connectivity index is 1.89. The van der Waals surface area contributed by atoms with Gasteiger partial charge in [-0.3, -0.25) is 4.31 Å². The summed E-state index contributed by atoms with van der Waals surface area (Å²) >= 11 is 1.31. The monoisotopic (exact) mass is 355 g/mol. The molecule has 2 atom stereocenters. The number of nitrogens with zero attached hydrogens (tertiary/aromatic N) is 1. The molecule has 1 saturated carbocycles. The van der Waals surface area contributed by atoms with Gasteiger partial charge < -0.3 is 4.74 Å². The summed E-state index contributed by atoms with van der Waals surface area (Å²) in [4.78, 5) is 0. The lowest BCUT2D eigenvalue weighted by atomic mass is 10.2. The standard InChI is InChI=1S/C17H32F3NOS/c1-3-7-15-14-16(15)8-12-22-11-6-5-10-21(4-2)23-13-9-17(18,19)20/h15-16H,3-14H2,1-2H3/t15-,16?/m0/s1. The van der Waals surface area contributed by atoms with E-state index in [2.05, 4.69) is 6.92 Å². The van der Waals surface area contributed by atoms with Crippen LogP contribution in [0.2, 0.25) is 0 Å². The molecule has 0 N–H and O–H groups in total. The Morgan fingerprint density at radius 1 is 1.09 bits per heavy atom. The van der Waals surface area contributed by atoms with Crippen LogP contribution in [0.3, 0.4) is 0 Å². The molecule has 23 heavy (non-hydrogen) atoms. The molecule has 2 nitrogen and oxygen atoms in total. The van der Waals surface area contributed by atoms with E-state index in [1.807, 2.05) is 11.2 Å². The molecule has 0 heterocycles. The number of alkyl halides is 3. The van der Waals surface area contributed by atoms with Crippen molar-refractivity contribution in [3.63, 3.8) is 0 Å². The Kier molecular flexibility index (Phi) is 10.6. The fourth-order valence-corrected chi connectivity index (χ4v) is 3.84. The van der Waals surface area contributed by atoms with Crippen LogP contribution in [0.5, 0.6) is 0 Å². The van der Waals surface area contributed by atoms with Crippen LogP contribution < -0.4 is 0 Å². The predicted octanol–water partition coefficient (Wildman–Crippen LogP) is 5.53. The summed E-state index contributed by atoms with van der Waals surface area (Å²) in [7, 11) is 0. The zero-order valence-electron chi connectivity index (χ0n) is 14.5. The maximum Gasteiger partial charge on any atom is 0.389 e. The molecule has 1 fully saturated rings. The normalized spacial score (nSPS) is 21.1. The molecule has 0 aromatic heterocycles.